The number of rotatable bonds is 4. The molecule has 2 rings (SSSR count). The van der Waals surface area contributed by atoms with Crippen molar-refractivity contribution in [3.63, 3.8) is 0 Å². The molecule has 2 heterocycles. The molecule has 1 aromatic rings. The molecule has 1 unspecified atom stereocenters. The van der Waals surface area contributed by atoms with Gasteiger partial charge in [-0.25, -0.2) is 4.98 Å². The minimum atomic E-state index is -0.0227. The van der Waals surface area contributed by atoms with Crippen LogP contribution in [0.15, 0.2) is 5.38 Å². The van der Waals surface area contributed by atoms with Gasteiger partial charge in [-0.1, -0.05) is 13.3 Å². The summed E-state index contributed by atoms with van der Waals surface area (Å²) in [7, 11) is 0. The van der Waals surface area contributed by atoms with E-state index in [-0.39, 0.29) is 42.8 Å². The lowest BCUT2D eigenvalue weighted by atomic mass is 10.0. The predicted molar refractivity (Wildman–Crippen MR) is 88.2 cm³/mol. The first kappa shape index (κ1) is 19.6. The summed E-state index contributed by atoms with van der Waals surface area (Å²) >= 11 is 1.66. The molecule has 1 fully saturated rings. The van der Waals surface area contributed by atoms with E-state index in [1.807, 2.05) is 12.3 Å². The number of carbonyl (C=O) groups excluding carboxylic acids is 1. The minimum absolute atomic E-state index is 0. The molecule has 7 heteroatoms. The highest BCUT2D eigenvalue weighted by Gasteiger charge is 2.22. The van der Waals surface area contributed by atoms with Crippen LogP contribution in [-0.4, -0.2) is 23.5 Å². The second-order valence-electron chi connectivity index (χ2n) is 4.75. The van der Waals surface area contributed by atoms with E-state index >= 15 is 0 Å². The Morgan fingerprint density at radius 2 is 2.30 bits per heavy atom. The van der Waals surface area contributed by atoms with E-state index in [1.54, 1.807) is 11.3 Å². The van der Waals surface area contributed by atoms with Crippen LogP contribution in [0.2, 0.25) is 0 Å². The molecule has 1 aliphatic heterocycles. The van der Waals surface area contributed by atoms with Gasteiger partial charge in [0.15, 0.2) is 0 Å². The van der Waals surface area contributed by atoms with E-state index in [9.17, 15) is 4.79 Å². The largest absolute Gasteiger partial charge is 0.347 e. The molecule has 0 radical (unpaired) electrons. The zero-order valence-corrected chi connectivity index (χ0v) is 14.3. The molecule has 2 N–H and O–H groups in total. The molecule has 1 aliphatic rings. The van der Waals surface area contributed by atoms with Crippen molar-refractivity contribution in [2.45, 2.75) is 51.6 Å². The third kappa shape index (κ3) is 5.20. The van der Waals surface area contributed by atoms with Gasteiger partial charge in [0.05, 0.1) is 22.8 Å². The van der Waals surface area contributed by atoms with Gasteiger partial charge >= 0.3 is 0 Å². The van der Waals surface area contributed by atoms with Gasteiger partial charge in [0, 0.05) is 5.38 Å². The van der Waals surface area contributed by atoms with Crippen LogP contribution in [0.4, 0.5) is 0 Å². The van der Waals surface area contributed by atoms with Crippen molar-refractivity contribution in [1.29, 1.82) is 0 Å². The molecule has 0 aliphatic carbocycles. The standard InChI is InChI=1S/C13H21N3OS.2ClH/c1-3-12-16-11(8-18-12)9(2)15-13(17)10-6-4-5-7-14-10;;/h8-10,14H,3-7H2,1-2H3,(H,15,17);2*1H/t9?,10-;;/m1../s1. The number of nitrogens with one attached hydrogen (secondary N) is 2. The van der Waals surface area contributed by atoms with E-state index in [0.29, 0.717) is 0 Å². The maximum atomic E-state index is 12.1. The molecule has 1 saturated heterocycles. The summed E-state index contributed by atoms with van der Waals surface area (Å²) in [5, 5.41) is 9.47. The number of hydrogen-bond acceptors (Lipinski definition) is 4. The number of piperidine rings is 1. The smallest absolute Gasteiger partial charge is 0.237 e. The second-order valence-corrected chi connectivity index (χ2v) is 5.70. The van der Waals surface area contributed by atoms with E-state index in [1.165, 1.54) is 6.42 Å². The van der Waals surface area contributed by atoms with Crippen molar-refractivity contribution >= 4 is 42.1 Å². The minimum Gasteiger partial charge on any atom is -0.347 e. The lowest BCUT2D eigenvalue weighted by molar-refractivity contribution is -0.124. The summed E-state index contributed by atoms with van der Waals surface area (Å²) in [5.41, 5.74) is 0.973. The molecule has 2 atom stereocenters. The van der Waals surface area contributed by atoms with E-state index in [0.717, 1.165) is 36.5 Å². The Bertz CT molecular complexity index is 408. The van der Waals surface area contributed by atoms with Crippen LogP contribution in [-0.2, 0) is 11.2 Å². The van der Waals surface area contributed by atoms with Gasteiger partial charge in [-0.2, -0.15) is 0 Å². The van der Waals surface area contributed by atoms with Gasteiger partial charge < -0.3 is 10.6 Å². The van der Waals surface area contributed by atoms with Crippen LogP contribution < -0.4 is 10.6 Å². The van der Waals surface area contributed by atoms with Crippen LogP contribution in [0.25, 0.3) is 0 Å². The second kappa shape index (κ2) is 9.55. The molecule has 1 aromatic heterocycles. The number of thiazole rings is 1. The normalized spacial score (nSPS) is 19.4. The quantitative estimate of drug-likeness (QED) is 0.886. The maximum Gasteiger partial charge on any atom is 0.237 e. The molecule has 20 heavy (non-hydrogen) atoms. The number of amides is 1. The molecule has 4 nitrogen and oxygen atoms in total. The fourth-order valence-electron chi connectivity index (χ4n) is 2.15. The number of nitrogens with zero attached hydrogens (tertiary/aromatic N) is 1. The van der Waals surface area contributed by atoms with Crippen LogP contribution in [0.1, 0.15) is 49.9 Å². The summed E-state index contributed by atoms with van der Waals surface area (Å²) < 4.78 is 0. The van der Waals surface area contributed by atoms with E-state index < -0.39 is 0 Å². The molecule has 0 bridgehead atoms. The number of aromatic nitrogens is 1. The van der Waals surface area contributed by atoms with Crippen molar-refractivity contribution in [2.75, 3.05) is 6.54 Å². The number of aryl methyl sites for hydroxylation is 1. The fourth-order valence-corrected chi connectivity index (χ4v) is 2.99. The zero-order chi connectivity index (χ0) is 13.0. The van der Waals surface area contributed by atoms with Crippen molar-refractivity contribution < 1.29 is 4.79 Å². The summed E-state index contributed by atoms with van der Waals surface area (Å²) in [4.78, 5) is 16.6. The molecule has 0 aromatic carbocycles. The molecular weight excluding hydrogens is 317 g/mol. The van der Waals surface area contributed by atoms with Crippen molar-refractivity contribution in [3.05, 3.63) is 16.1 Å². The van der Waals surface area contributed by atoms with Gasteiger partial charge in [0.25, 0.3) is 0 Å². The van der Waals surface area contributed by atoms with Gasteiger partial charge in [-0.15, -0.1) is 36.2 Å². The first-order chi connectivity index (χ1) is 8.70. The third-order valence-corrected chi connectivity index (χ3v) is 4.31. The molecule has 0 saturated carbocycles. The van der Waals surface area contributed by atoms with Crippen molar-refractivity contribution in [1.82, 2.24) is 15.6 Å². The summed E-state index contributed by atoms with van der Waals surface area (Å²) in [6.07, 6.45) is 4.20. The summed E-state index contributed by atoms with van der Waals surface area (Å²) in [6.45, 7) is 5.04. The fraction of sp³-hybridized carbons (Fsp3) is 0.692. The molecule has 1 amide bonds. The maximum absolute atomic E-state index is 12.1. The van der Waals surface area contributed by atoms with Gasteiger partial charge in [0.1, 0.15) is 0 Å². The molecule has 116 valence electrons. The Morgan fingerprint density at radius 3 is 2.85 bits per heavy atom. The van der Waals surface area contributed by atoms with Crippen molar-refractivity contribution in [3.8, 4) is 0 Å². The van der Waals surface area contributed by atoms with Crippen molar-refractivity contribution in [2.24, 2.45) is 0 Å². The number of carbonyl (C=O) groups is 1. The SMILES string of the molecule is CCc1nc(C(C)NC(=O)[C@H]2CCCCN2)cs1.Cl.Cl. The monoisotopic (exact) mass is 339 g/mol. The Morgan fingerprint density at radius 1 is 1.55 bits per heavy atom. The average molecular weight is 340 g/mol. The lowest BCUT2D eigenvalue weighted by Crippen LogP contribution is -2.47. The highest BCUT2D eigenvalue weighted by molar-refractivity contribution is 7.09. The Balaban J connectivity index is 0.00000180. The first-order valence-electron chi connectivity index (χ1n) is 6.68. The van der Waals surface area contributed by atoms with Crippen LogP contribution in [0.5, 0.6) is 0 Å². The number of hydrogen-bond donors (Lipinski definition) is 2. The van der Waals surface area contributed by atoms with Crippen LogP contribution >= 0.6 is 36.2 Å². The summed E-state index contributed by atoms with van der Waals surface area (Å²) in [5.74, 6) is 0.105. The third-order valence-electron chi connectivity index (χ3n) is 3.30. The topological polar surface area (TPSA) is 54.0 Å². The number of halogens is 2. The Hall–Kier alpha value is -0.360. The molecular formula is C13H23Cl2N3OS. The highest BCUT2D eigenvalue weighted by atomic mass is 35.5. The Kier molecular flexibility index (Phi) is 9.38. The Labute approximate surface area is 137 Å². The van der Waals surface area contributed by atoms with Crippen LogP contribution in [0.3, 0.4) is 0 Å². The lowest BCUT2D eigenvalue weighted by Gasteiger charge is -2.24. The first-order valence-corrected chi connectivity index (χ1v) is 7.56. The summed E-state index contributed by atoms with van der Waals surface area (Å²) in [6, 6.07) is -0.0248. The van der Waals surface area contributed by atoms with Gasteiger partial charge in [-0.05, 0) is 32.7 Å². The van der Waals surface area contributed by atoms with E-state index in [2.05, 4.69) is 22.5 Å². The molecule has 0 spiro atoms. The van der Waals surface area contributed by atoms with Gasteiger partial charge in [0.2, 0.25) is 5.91 Å². The zero-order valence-electron chi connectivity index (χ0n) is 11.8. The highest BCUT2D eigenvalue weighted by Crippen LogP contribution is 2.17. The van der Waals surface area contributed by atoms with Crippen LogP contribution in [0, 0.1) is 0 Å². The predicted octanol–water partition coefficient (Wildman–Crippen LogP) is 2.87. The van der Waals surface area contributed by atoms with Gasteiger partial charge in [-0.3, -0.25) is 4.79 Å². The van der Waals surface area contributed by atoms with E-state index in [4.69, 9.17) is 0 Å². The average Bonchev–Trinajstić information content (AvgIpc) is 2.88.